The standard InChI is InChI=1S/C14H22N2O3/c1-4-9-16(10-13(17)18)14(19)15(3)12-7-5-11(2)6-8-12/h1,11-12H,5-10H2,2-3H3,(H,17,18). The highest BCUT2D eigenvalue weighted by Crippen LogP contribution is 2.26. The molecule has 5 nitrogen and oxygen atoms in total. The number of urea groups is 1. The van der Waals surface area contributed by atoms with Gasteiger partial charge >= 0.3 is 12.0 Å². The number of terminal acetylenes is 1. The van der Waals surface area contributed by atoms with Crippen molar-refractivity contribution in [3.8, 4) is 12.3 Å². The van der Waals surface area contributed by atoms with Gasteiger partial charge in [0.15, 0.2) is 0 Å². The maximum absolute atomic E-state index is 12.2. The Kier molecular flexibility index (Phi) is 5.68. The van der Waals surface area contributed by atoms with Gasteiger partial charge in [-0.2, -0.15) is 0 Å². The molecule has 0 aromatic rings. The van der Waals surface area contributed by atoms with Gasteiger partial charge in [-0.25, -0.2) is 4.79 Å². The Morgan fingerprint density at radius 3 is 2.37 bits per heavy atom. The van der Waals surface area contributed by atoms with Gasteiger partial charge in [0.25, 0.3) is 0 Å². The van der Waals surface area contributed by atoms with Crippen molar-refractivity contribution in [2.24, 2.45) is 5.92 Å². The number of carboxylic acids is 1. The zero-order valence-corrected chi connectivity index (χ0v) is 11.6. The van der Waals surface area contributed by atoms with Crippen LogP contribution < -0.4 is 0 Å². The van der Waals surface area contributed by atoms with E-state index in [0.717, 1.165) is 25.7 Å². The van der Waals surface area contributed by atoms with E-state index in [-0.39, 0.29) is 25.2 Å². The molecule has 0 aliphatic heterocycles. The highest BCUT2D eigenvalue weighted by Gasteiger charge is 2.28. The number of nitrogens with zero attached hydrogens (tertiary/aromatic N) is 2. The molecule has 2 amide bonds. The molecule has 0 spiro atoms. The summed E-state index contributed by atoms with van der Waals surface area (Å²) in [5.74, 6) is 2.00. The monoisotopic (exact) mass is 266 g/mol. The summed E-state index contributed by atoms with van der Waals surface area (Å²) in [6.07, 6.45) is 9.34. The summed E-state index contributed by atoms with van der Waals surface area (Å²) < 4.78 is 0. The van der Waals surface area contributed by atoms with E-state index in [1.807, 2.05) is 0 Å². The normalized spacial score (nSPS) is 22.4. The van der Waals surface area contributed by atoms with Gasteiger partial charge in [-0.1, -0.05) is 12.8 Å². The lowest BCUT2D eigenvalue weighted by Crippen LogP contribution is -2.48. The van der Waals surface area contributed by atoms with Gasteiger partial charge in [0, 0.05) is 13.1 Å². The molecule has 106 valence electrons. The second-order valence-electron chi connectivity index (χ2n) is 5.26. The number of carboxylic acid groups (broad SMARTS) is 1. The van der Waals surface area contributed by atoms with Crippen molar-refractivity contribution in [2.75, 3.05) is 20.1 Å². The Morgan fingerprint density at radius 1 is 1.32 bits per heavy atom. The maximum atomic E-state index is 12.2. The largest absolute Gasteiger partial charge is 0.480 e. The lowest BCUT2D eigenvalue weighted by atomic mass is 9.87. The van der Waals surface area contributed by atoms with Crippen LogP contribution in [-0.4, -0.2) is 53.1 Å². The topological polar surface area (TPSA) is 60.9 Å². The number of aliphatic carboxylic acids is 1. The molecule has 0 saturated heterocycles. The third-order valence-corrected chi connectivity index (χ3v) is 3.71. The van der Waals surface area contributed by atoms with Crippen molar-refractivity contribution in [1.82, 2.24) is 9.80 Å². The zero-order chi connectivity index (χ0) is 14.4. The first kappa shape index (κ1) is 15.4. The number of carbonyl (C=O) groups excluding carboxylic acids is 1. The van der Waals surface area contributed by atoms with Crippen LogP contribution in [0.25, 0.3) is 0 Å². The molecule has 0 heterocycles. The molecule has 1 aliphatic rings. The fourth-order valence-electron chi connectivity index (χ4n) is 2.47. The van der Waals surface area contributed by atoms with Crippen LogP contribution in [0.1, 0.15) is 32.6 Å². The molecule has 1 rings (SSSR count). The van der Waals surface area contributed by atoms with Gasteiger partial charge in [-0.05, 0) is 31.6 Å². The minimum Gasteiger partial charge on any atom is -0.480 e. The summed E-state index contributed by atoms with van der Waals surface area (Å²) in [4.78, 5) is 25.8. The van der Waals surface area contributed by atoms with Crippen LogP contribution in [0.3, 0.4) is 0 Å². The predicted octanol–water partition coefficient (Wildman–Crippen LogP) is 1.64. The predicted molar refractivity (Wildman–Crippen MR) is 72.6 cm³/mol. The van der Waals surface area contributed by atoms with Gasteiger partial charge in [0.1, 0.15) is 6.54 Å². The fraction of sp³-hybridized carbons (Fsp3) is 0.714. The van der Waals surface area contributed by atoms with Crippen molar-refractivity contribution < 1.29 is 14.7 Å². The third kappa shape index (κ3) is 4.47. The summed E-state index contributed by atoms with van der Waals surface area (Å²) in [5, 5.41) is 8.81. The average Bonchev–Trinajstić information content (AvgIpc) is 2.37. The lowest BCUT2D eigenvalue weighted by molar-refractivity contribution is -0.137. The summed E-state index contributed by atoms with van der Waals surface area (Å²) in [6, 6.07) is -0.0994. The van der Waals surface area contributed by atoms with Crippen molar-refractivity contribution in [2.45, 2.75) is 38.6 Å². The van der Waals surface area contributed by atoms with E-state index in [2.05, 4.69) is 12.8 Å². The van der Waals surface area contributed by atoms with Crippen molar-refractivity contribution in [3.05, 3.63) is 0 Å². The van der Waals surface area contributed by atoms with E-state index in [4.69, 9.17) is 11.5 Å². The SMILES string of the molecule is C#CCN(CC(=O)O)C(=O)N(C)C1CCC(C)CC1. The molecule has 0 radical (unpaired) electrons. The van der Waals surface area contributed by atoms with Crippen LogP contribution in [0.2, 0.25) is 0 Å². The third-order valence-electron chi connectivity index (χ3n) is 3.71. The summed E-state index contributed by atoms with van der Waals surface area (Å²) >= 11 is 0. The van der Waals surface area contributed by atoms with Gasteiger partial charge in [-0.3, -0.25) is 4.79 Å². The molecule has 1 N–H and O–H groups in total. The van der Waals surface area contributed by atoms with Crippen LogP contribution in [0, 0.1) is 18.3 Å². The van der Waals surface area contributed by atoms with Crippen LogP contribution in [-0.2, 0) is 4.79 Å². The average molecular weight is 266 g/mol. The van der Waals surface area contributed by atoms with E-state index in [1.165, 1.54) is 4.90 Å². The zero-order valence-electron chi connectivity index (χ0n) is 11.6. The molecule has 0 aromatic heterocycles. The molecule has 0 bridgehead atoms. The molecular formula is C14H22N2O3. The minimum atomic E-state index is -1.05. The highest BCUT2D eigenvalue weighted by molar-refractivity contribution is 5.80. The number of hydrogen-bond acceptors (Lipinski definition) is 2. The number of hydrogen-bond donors (Lipinski definition) is 1. The Morgan fingerprint density at radius 2 is 1.89 bits per heavy atom. The van der Waals surface area contributed by atoms with E-state index in [9.17, 15) is 9.59 Å². The maximum Gasteiger partial charge on any atom is 0.323 e. The van der Waals surface area contributed by atoms with Crippen LogP contribution in [0.15, 0.2) is 0 Å². The molecule has 5 heteroatoms. The lowest BCUT2D eigenvalue weighted by Gasteiger charge is -2.36. The first-order valence-electron chi connectivity index (χ1n) is 6.62. The molecule has 1 saturated carbocycles. The number of carbonyl (C=O) groups is 2. The quantitative estimate of drug-likeness (QED) is 0.787. The van der Waals surface area contributed by atoms with Crippen molar-refractivity contribution in [3.63, 3.8) is 0 Å². The van der Waals surface area contributed by atoms with E-state index in [0.29, 0.717) is 5.92 Å². The molecular weight excluding hydrogens is 244 g/mol. The van der Waals surface area contributed by atoms with Crippen LogP contribution in [0.4, 0.5) is 4.79 Å². The Bertz CT molecular complexity index is 367. The summed E-state index contributed by atoms with van der Waals surface area (Å²) in [5.41, 5.74) is 0. The number of rotatable bonds is 4. The van der Waals surface area contributed by atoms with E-state index < -0.39 is 5.97 Å². The van der Waals surface area contributed by atoms with Crippen LogP contribution in [0.5, 0.6) is 0 Å². The van der Waals surface area contributed by atoms with Gasteiger partial charge in [0.05, 0.1) is 6.54 Å². The molecule has 19 heavy (non-hydrogen) atoms. The van der Waals surface area contributed by atoms with Crippen LogP contribution >= 0.6 is 0 Å². The van der Waals surface area contributed by atoms with Gasteiger partial charge < -0.3 is 14.9 Å². The molecule has 1 aliphatic carbocycles. The molecule has 0 unspecified atom stereocenters. The molecule has 0 aromatic carbocycles. The highest BCUT2D eigenvalue weighted by atomic mass is 16.4. The van der Waals surface area contributed by atoms with Crippen molar-refractivity contribution in [1.29, 1.82) is 0 Å². The fourth-order valence-corrected chi connectivity index (χ4v) is 2.47. The Labute approximate surface area is 114 Å². The van der Waals surface area contributed by atoms with E-state index in [1.54, 1.807) is 11.9 Å². The summed E-state index contributed by atoms with van der Waals surface area (Å²) in [6.45, 7) is 1.89. The minimum absolute atomic E-state index is 0.0264. The first-order chi connectivity index (χ1) is 8.95. The van der Waals surface area contributed by atoms with E-state index >= 15 is 0 Å². The first-order valence-corrected chi connectivity index (χ1v) is 6.62. The molecule has 1 fully saturated rings. The van der Waals surface area contributed by atoms with Crippen molar-refractivity contribution >= 4 is 12.0 Å². The van der Waals surface area contributed by atoms with Gasteiger partial charge in [-0.15, -0.1) is 6.42 Å². The number of amides is 2. The Hall–Kier alpha value is -1.70. The smallest absolute Gasteiger partial charge is 0.323 e. The summed E-state index contributed by atoms with van der Waals surface area (Å²) in [7, 11) is 1.73. The molecule has 0 atom stereocenters. The second-order valence-corrected chi connectivity index (χ2v) is 5.26. The second kappa shape index (κ2) is 7.03. The Balaban J connectivity index is 2.62. The van der Waals surface area contributed by atoms with Gasteiger partial charge in [0.2, 0.25) is 0 Å².